The molecule has 3 heterocycles. The van der Waals surface area contributed by atoms with Gasteiger partial charge in [-0.3, -0.25) is 14.7 Å². The number of fused-ring (bicyclic) bond motifs is 1. The minimum Gasteiger partial charge on any atom is -0.487 e. The summed E-state index contributed by atoms with van der Waals surface area (Å²) in [5, 5.41) is 2.95. The van der Waals surface area contributed by atoms with Gasteiger partial charge in [-0.2, -0.15) is 0 Å². The van der Waals surface area contributed by atoms with Crippen molar-refractivity contribution in [3.63, 3.8) is 0 Å². The van der Waals surface area contributed by atoms with Gasteiger partial charge >= 0.3 is 0 Å². The van der Waals surface area contributed by atoms with Gasteiger partial charge in [-0.1, -0.05) is 6.42 Å². The number of carbonyl (C=O) groups excluding carboxylic acids is 1. The van der Waals surface area contributed by atoms with Gasteiger partial charge in [0.25, 0.3) is 0 Å². The highest BCUT2D eigenvalue weighted by Gasteiger charge is 2.30. The fourth-order valence-electron chi connectivity index (χ4n) is 4.06. The molecule has 1 N–H and O–H groups in total. The largest absolute Gasteiger partial charge is 0.487 e. The predicted octanol–water partition coefficient (Wildman–Crippen LogP) is 2.81. The van der Waals surface area contributed by atoms with Crippen molar-refractivity contribution in [2.45, 2.75) is 45.6 Å². The van der Waals surface area contributed by atoms with Gasteiger partial charge in [-0.25, -0.2) is 9.37 Å². The van der Waals surface area contributed by atoms with Crippen LogP contribution in [-0.4, -0.2) is 53.1 Å². The van der Waals surface area contributed by atoms with E-state index in [1.165, 1.54) is 12.5 Å². The summed E-state index contributed by atoms with van der Waals surface area (Å²) in [5.41, 5.74) is 3.56. The number of benzene rings is 1. The summed E-state index contributed by atoms with van der Waals surface area (Å²) in [6, 6.07) is 3.15. The first-order chi connectivity index (χ1) is 14.0. The molecule has 154 valence electrons. The third-order valence-corrected chi connectivity index (χ3v) is 5.59. The van der Waals surface area contributed by atoms with E-state index in [4.69, 9.17) is 4.74 Å². The molecule has 29 heavy (non-hydrogen) atoms. The Labute approximate surface area is 170 Å². The molecule has 0 radical (unpaired) electrons. The van der Waals surface area contributed by atoms with E-state index in [1.807, 2.05) is 13.8 Å². The number of aryl methyl sites for hydroxylation is 2. The molecule has 1 saturated heterocycles. The minimum absolute atomic E-state index is 0.00690. The van der Waals surface area contributed by atoms with Gasteiger partial charge < -0.3 is 10.1 Å². The number of aromatic nitrogens is 2. The van der Waals surface area contributed by atoms with Crippen LogP contribution in [0.5, 0.6) is 5.75 Å². The second-order valence-corrected chi connectivity index (χ2v) is 7.93. The molecule has 4 rings (SSSR count). The fourth-order valence-corrected chi connectivity index (χ4v) is 4.06. The van der Waals surface area contributed by atoms with E-state index in [0.717, 1.165) is 42.9 Å². The molecular weight excluding hydrogens is 371 g/mol. The first-order valence-electron chi connectivity index (χ1n) is 10.3. The number of nitrogens with one attached hydrogen (secondary N) is 1. The molecule has 2 aliphatic heterocycles. The van der Waals surface area contributed by atoms with Gasteiger partial charge in [0.15, 0.2) is 0 Å². The highest BCUT2D eigenvalue weighted by molar-refractivity contribution is 5.78. The van der Waals surface area contributed by atoms with E-state index in [0.29, 0.717) is 36.5 Å². The van der Waals surface area contributed by atoms with Gasteiger partial charge in [0.2, 0.25) is 5.91 Å². The summed E-state index contributed by atoms with van der Waals surface area (Å²) < 4.78 is 20.5. The van der Waals surface area contributed by atoms with Crippen LogP contribution in [0, 0.1) is 19.7 Å². The van der Waals surface area contributed by atoms with Crippen molar-refractivity contribution in [3.05, 3.63) is 41.1 Å². The fraction of sp³-hybridized carbons (Fsp3) is 0.500. The number of carbonyl (C=O) groups is 1. The Morgan fingerprint density at radius 2 is 2.07 bits per heavy atom. The predicted molar refractivity (Wildman–Crippen MR) is 108 cm³/mol. The van der Waals surface area contributed by atoms with Gasteiger partial charge in [0.1, 0.15) is 17.7 Å². The Balaban J connectivity index is 1.44. The normalized spacial score (nSPS) is 18.9. The minimum atomic E-state index is -0.288. The quantitative estimate of drug-likeness (QED) is 0.839. The average Bonchev–Trinajstić information content (AvgIpc) is 3.15. The molecule has 1 atom stereocenters. The molecule has 0 bridgehead atoms. The zero-order valence-electron chi connectivity index (χ0n) is 17.0. The van der Waals surface area contributed by atoms with Gasteiger partial charge in [0, 0.05) is 23.7 Å². The van der Waals surface area contributed by atoms with E-state index in [-0.39, 0.29) is 17.8 Å². The average molecular weight is 398 g/mol. The zero-order chi connectivity index (χ0) is 20.4. The Bertz CT molecular complexity index is 912. The maximum Gasteiger partial charge on any atom is 0.234 e. The Morgan fingerprint density at radius 1 is 1.28 bits per heavy atom. The van der Waals surface area contributed by atoms with E-state index >= 15 is 0 Å². The third-order valence-electron chi connectivity index (χ3n) is 5.59. The van der Waals surface area contributed by atoms with Crippen LogP contribution in [0.2, 0.25) is 0 Å². The van der Waals surface area contributed by atoms with Crippen LogP contribution in [0.25, 0.3) is 11.3 Å². The van der Waals surface area contributed by atoms with Crippen molar-refractivity contribution in [3.8, 4) is 17.0 Å². The summed E-state index contributed by atoms with van der Waals surface area (Å²) in [6.45, 7) is 6.48. The Kier molecular flexibility index (Phi) is 5.76. The molecule has 0 spiro atoms. The second-order valence-electron chi connectivity index (χ2n) is 7.93. The number of likely N-dealkylation sites (tertiary alicyclic amines) is 1. The molecule has 0 saturated carbocycles. The first kappa shape index (κ1) is 19.8. The lowest BCUT2D eigenvalue weighted by Gasteiger charge is -2.25. The zero-order valence-corrected chi connectivity index (χ0v) is 17.0. The van der Waals surface area contributed by atoms with Gasteiger partial charge in [-0.05, 0) is 51.9 Å². The maximum atomic E-state index is 14.4. The molecule has 2 aromatic rings. The SMILES string of the molecule is Cc1cnc(C)c(-c2ccc(F)c3c2OC(CNC(=O)CN2CCCCC2)C3)n1. The van der Waals surface area contributed by atoms with Crippen LogP contribution in [0.15, 0.2) is 18.3 Å². The standard InChI is InChI=1S/C22H27FN4O2/c1-14-11-24-15(2)21(26-14)17-6-7-19(23)18-10-16(29-22(17)18)12-25-20(28)13-27-8-4-3-5-9-27/h6-7,11,16H,3-5,8-10,12-13H2,1-2H3,(H,25,28). The number of hydrogen-bond donors (Lipinski definition) is 1. The highest BCUT2D eigenvalue weighted by Crippen LogP contribution is 2.40. The van der Waals surface area contributed by atoms with Crippen molar-refractivity contribution in [2.24, 2.45) is 0 Å². The number of amides is 1. The molecule has 1 aromatic carbocycles. The molecule has 1 fully saturated rings. The summed E-state index contributed by atoms with van der Waals surface area (Å²) >= 11 is 0. The molecule has 6 nitrogen and oxygen atoms in total. The van der Waals surface area contributed by atoms with Crippen molar-refractivity contribution < 1.29 is 13.9 Å². The number of piperidine rings is 1. The molecular formula is C22H27FN4O2. The molecule has 0 aliphatic carbocycles. The Hall–Kier alpha value is -2.54. The van der Waals surface area contributed by atoms with Gasteiger partial charge in [-0.15, -0.1) is 0 Å². The second kappa shape index (κ2) is 8.45. The van der Waals surface area contributed by atoms with Crippen LogP contribution in [0.3, 0.4) is 0 Å². The monoisotopic (exact) mass is 398 g/mol. The van der Waals surface area contributed by atoms with E-state index in [1.54, 1.807) is 12.3 Å². The lowest BCUT2D eigenvalue weighted by Crippen LogP contribution is -2.42. The first-order valence-corrected chi connectivity index (χ1v) is 10.3. The topological polar surface area (TPSA) is 67.3 Å². The number of halogens is 1. The molecule has 1 aromatic heterocycles. The lowest BCUT2D eigenvalue weighted by molar-refractivity contribution is -0.122. The van der Waals surface area contributed by atoms with Crippen LogP contribution in [0.1, 0.15) is 36.2 Å². The summed E-state index contributed by atoms with van der Waals surface area (Å²) in [4.78, 5) is 23.4. The summed E-state index contributed by atoms with van der Waals surface area (Å²) in [7, 11) is 0. The Morgan fingerprint density at radius 3 is 2.86 bits per heavy atom. The van der Waals surface area contributed by atoms with Crippen molar-refractivity contribution in [1.82, 2.24) is 20.2 Å². The van der Waals surface area contributed by atoms with Crippen LogP contribution in [0.4, 0.5) is 4.39 Å². The molecule has 1 amide bonds. The van der Waals surface area contributed by atoms with E-state index in [9.17, 15) is 9.18 Å². The smallest absolute Gasteiger partial charge is 0.234 e. The molecule has 1 unspecified atom stereocenters. The maximum absolute atomic E-state index is 14.4. The number of ether oxygens (including phenoxy) is 1. The van der Waals surface area contributed by atoms with Gasteiger partial charge in [0.05, 0.1) is 30.2 Å². The van der Waals surface area contributed by atoms with Crippen molar-refractivity contribution in [1.29, 1.82) is 0 Å². The number of hydrogen-bond acceptors (Lipinski definition) is 5. The lowest BCUT2D eigenvalue weighted by atomic mass is 10.0. The molecule has 2 aliphatic rings. The van der Waals surface area contributed by atoms with Crippen molar-refractivity contribution >= 4 is 5.91 Å². The highest BCUT2D eigenvalue weighted by atomic mass is 19.1. The van der Waals surface area contributed by atoms with Crippen LogP contribution >= 0.6 is 0 Å². The van der Waals surface area contributed by atoms with Crippen LogP contribution in [-0.2, 0) is 11.2 Å². The number of rotatable bonds is 5. The van der Waals surface area contributed by atoms with E-state index < -0.39 is 0 Å². The van der Waals surface area contributed by atoms with Crippen LogP contribution < -0.4 is 10.1 Å². The van der Waals surface area contributed by atoms with Crippen molar-refractivity contribution in [2.75, 3.05) is 26.2 Å². The summed E-state index contributed by atoms with van der Waals surface area (Å²) in [5.74, 6) is 0.222. The molecule has 7 heteroatoms. The third kappa shape index (κ3) is 4.40. The summed E-state index contributed by atoms with van der Waals surface area (Å²) in [6.07, 6.45) is 5.39. The van der Waals surface area contributed by atoms with E-state index in [2.05, 4.69) is 20.2 Å². The number of nitrogens with zero attached hydrogens (tertiary/aromatic N) is 3.